The van der Waals surface area contributed by atoms with Gasteiger partial charge < -0.3 is 4.74 Å². The fourth-order valence-electron chi connectivity index (χ4n) is 3.01. The molecule has 1 saturated carbocycles. The summed E-state index contributed by atoms with van der Waals surface area (Å²) >= 11 is 0. The van der Waals surface area contributed by atoms with Crippen LogP contribution in [0.1, 0.15) is 37.7 Å². The molecule has 0 radical (unpaired) electrons. The Hall–Kier alpha value is -1.17. The maximum absolute atomic E-state index is 13.1. The van der Waals surface area contributed by atoms with Crippen molar-refractivity contribution in [3.05, 3.63) is 42.5 Å². The number of ether oxygens (including phenoxy) is 1. The molecule has 1 aliphatic carbocycles. The summed E-state index contributed by atoms with van der Waals surface area (Å²) in [5.41, 5.74) is 1.04. The van der Waals surface area contributed by atoms with E-state index in [-0.39, 0.29) is 6.04 Å². The number of methoxy groups -OCH3 is 1. The highest BCUT2D eigenvalue weighted by Crippen LogP contribution is 2.30. The molecule has 122 valence electrons. The van der Waals surface area contributed by atoms with E-state index >= 15 is 0 Å². The summed E-state index contributed by atoms with van der Waals surface area (Å²) in [6.07, 6.45) is 5.95. The Morgan fingerprint density at radius 1 is 1.23 bits per heavy atom. The summed E-state index contributed by atoms with van der Waals surface area (Å²) in [5, 5.41) is 0. The van der Waals surface area contributed by atoms with Gasteiger partial charge in [-0.25, -0.2) is 8.42 Å². The van der Waals surface area contributed by atoms with E-state index in [4.69, 9.17) is 4.74 Å². The van der Waals surface area contributed by atoms with Crippen LogP contribution in [0.2, 0.25) is 0 Å². The summed E-state index contributed by atoms with van der Waals surface area (Å²) in [6.45, 7) is 5.68. The van der Waals surface area contributed by atoms with E-state index in [2.05, 4.69) is 6.58 Å². The summed E-state index contributed by atoms with van der Waals surface area (Å²) in [5.74, 6) is 0. The first-order chi connectivity index (χ1) is 10.5. The molecule has 0 unspecified atom stereocenters. The molecule has 0 aromatic heterocycles. The molecule has 1 aromatic rings. The molecule has 0 amide bonds. The Bertz CT molecular complexity index is 589. The van der Waals surface area contributed by atoms with Gasteiger partial charge in [0.15, 0.2) is 0 Å². The lowest BCUT2D eigenvalue weighted by Crippen LogP contribution is -2.47. The SMILES string of the molecule is C=C[C@H](OC)N(C1CCCCC1)S(=O)(=O)c1ccc(C)cc1. The lowest BCUT2D eigenvalue weighted by atomic mass is 9.95. The van der Waals surface area contributed by atoms with Crippen LogP contribution in [0, 0.1) is 6.92 Å². The van der Waals surface area contributed by atoms with Crippen LogP contribution in [0.5, 0.6) is 0 Å². The number of rotatable bonds is 6. The van der Waals surface area contributed by atoms with Gasteiger partial charge in [0.2, 0.25) is 10.0 Å². The third kappa shape index (κ3) is 3.59. The third-order valence-corrected chi connectivity index (χ3v) is 6.15. The van der Waals surface area contributed by atoms with Crippen molar-refractivity contribution in [3.63, 3.8) is 0 Å². The molecule has 2 rings (SSSR count). The summed E-state index contributed by atoms with van der Waals surface area (Å²) in [7, 11) is -2.08. The minimum absolute atomic E-state index is 0.0250. The predicted molar refractivity (Wildman–Crippen MR) is 88.1 cm³/mol. The first-order valence-electron chi connectivity index (χ1n) is 7.76. The molecule has 4 nitrogen and oxygen atoms in total. The fraction of sp³-hybridized carbons (Fsp3) is 0.529. The minimum Gasteiger partial charge on any atom is -0.362 e. The third-order valence-electron chi connectivity index (χ3n) is 4.22. The van der Waals surface area contributed by atoms with Gasteiger partial charge >= 0.3 is 0 Å². The summed E-state index contributed by atoms with van der Waals surface area (Å²) < 4.78 is 33.1. The Balaban J connectivity index is 2.41. The zero-order chi connectivity index (χ0) is 16.2. The van der Waals surface area contributed by atoms with Gasteiger partial charge in [-0.05, 0) is 38.0 Å². The Morgan fingerprint density at radius 3 is 2.32 bits per heavy atom. The number of benzene rings is 1. The predicted octanol–water partition coefficient (Wildman–Crippen LogP) is 3.48. The highest BCUT2D eigenvalue weighted by molar-refractivity contribution is 7.89. The first kappa shape index (κ1) is 17.2. The van der Waals surface area contributed by atoms with Crippen molar-refractivity contribution in [3.8, 4) is 0 Å². The highest BCUT2D eigenvalue weighted by Gasteiger charge is 2.36. The minimum atomic E-state index is -3.60. The number of hydrogen-bond donors (Lipinski definition) is 0. The zero-order valence-corrected chi connectivity index (χ0v) is 14.2. The van der Waals surface area contributed by atoms with Crippen LogP contribution >= 0.6 is 0 Å². The number of nitrogens with zero attached hydrogens (tertiary/aromatic N) is 1. The van der Waals surface area contributed by atoms with Crippen molar-refractivity contribution in [2.24, 2.45) is 0 Å². The quantitative estimate of drug-likeness (QED) is 0.595. The topological polar surface area (TPSA) is 46.6 Å². The Kier molecular flexibility index (Phi) is 5.78. The zero-order valence-electron chi connectivity index (χ0n) is 13.4. The van der Waals surface area contributed by atoms with Crippen LogP contribution in [0.15, 0.2) is 41.8 Å². The van der Waals surface area contributed by atoms with Crippen LogP contribution in [0.4, 0.5) is 0 Å². The molecule has 5 heteroatoms. The van der Waals surface area contributed by atoms with Gasteiger partial charge in [0.05, 0.1) is 4.90 Å². The Labute approximate surface area is 133 Å². The van der Waals surface area contributed by atoms with Crippen molar-refractivity contribution in [2.45, 2.75) is 56.2 Å². The van der Waals surface area contributed by atoms with Crippen molar-refractivity contribution >= 4 is 10.0 Å². The van der Waals surface area contributed by atoms with E-state index in [9.17, 15) is 8.42 Å². The molecule has 0 aliphatic heterocycles. The highest BCUT2D eigenvalue weighted by atomic mass is 32.2. The molecule has 22 heavy (non-hydrogen) atoms. The first-order valence-corrected chi connectivity index (χ1v) is 9.20. The van der Waals surface area contributed by atoms with E-state index in [1.54, 1.807) is 18.2 Å². The van der Waals surface area contributed by atoms with E-state index < -0.39 is 16.3 Å². The Morgan fingerprint density at radius 2 is 1.82 bits per heavy atom. The van der Waals surface area contributed by atoms with Crippen LogP contribution in [-0.4, -0.2) is 32.1 Å². The average Bonchev–Trinajstić information content (AvgIpc) is 2.53. The molecule has 0 N–H and O–H groups in total. The number of hydrogen-bond acceptors (Lipinski definition) is 3. The summed E-state index contributed by atoms with van der Waals surface area (Å²) in [4.78, 5) is 0.313. The molecule has 0 bridgehead atoms. The largest absolute Gasteiger partial charge is 0.362 e. The molecule has 0 spiro atoms. The van der Waals surface area contributed by atoms with E-state index in [1.165, 1.54) is 17.8 Å². The normalized spacial score (nSPS) is 18.3. The van der Waals surface area contributed by atoms with Crippen LogP contribution in [0.25, 0.3) is 0 Å². The van der Waals surface area contributed by atoms with Gasteiger partial charge in [-0.3, -0.25) is 0 Å². The monoisotopic (exact) mass is 323 g/mol. The second kappa shape index (κ2) is 7.40. The van der Waals surface area contributed by atoms with Crippen molar-refractivity contribution in [1.82, 2.24) is 4.31 Å². The molecule has 1 atom stereocenters. The molecule has 0 heterocycles. The standard InChI is InChI=1S/C17H25NO3S/c1-4-17(21-3)18(15-8-6-5-7-9-15)22(19,20)16-12-10-14(2)11-13-16/h4,10-13,15,17H,1,5-9H2,2-3H3/t17-/m0/s1. The van der Waals surface area contributed by atoms with Crippen molar-refractivity contribution in [2.75, 3.05) is 7.11 Å². The molecule has 1 fully saturated rings. The van der Waals surface area contributed by atoms with Crippen LogP contribution in [0.3, 0.4) is 0 Å². The van der Waals surface area contributed by atoms with Crippen molar-refractivity contribution in [1.29, 1.82) is 0 Å². The maximum Gasteiger partial charge on any atom is 0.245 e. The summed E-state index contributed by atoms with van der Waals surface area (Å²) in [6, 6.07) is 6.94. The van der Waals surface area contributed by atoms with E-state index in [0.717, 1.165) is 31.2 Å². The van der Waals surface area contributed by atoms with E-state index in [0.29, 0.717) is 4.90 Å². The number of sulfonamides is 1. The van der Waals surface area contributed by atoms with Gasteiger partial charge in [-0.15, -0.1) is 0 Å². The van der Waals surface area contributed by atoms with E-state index in [1.807, 2.05) is 19.1 Å². The number of aryl methyl sites for hydroxylation is 1. The maximum atomic E-state index is 13.1. The van der Waals surface area contributed by atoms with Crippen molar-refractivity contribution < 1.29 is 13.2 Å². The lowest BCUT2D eigenvalue weighted by molar-refractivity contribution is 0.0241. The molecule has 1 aliphatic rings. The molecular formula is C17H25NO3S. The fourth-order valence-corrected chi connectivity index (χ4v) is 4.78. The smallest absolute Gasteiger partial charge is 0.245 e. The van der Waals surface area contributed by atoms with Gasteiger partial charge in [0, 0.05) is 13.2 Å². The van der Waals surface area contributed by atoms with Gasteiger partial charge in [0.25, 0.3) is 0 Å². The van der Waals surface area contributed by atoms with Crippen LogP contribution < -0.4 is 0 Å². The van der Waals surface area contributed by atoms with Gasteiger partial charge in [-0.2, -0.15) is 4.31 Å². The molecular weight excluding hydrogens is 298 g/mol. The average molecular weight is 323 g/mol. The second-order valence-electron chi connectivity index (χ2n) is 5.80. The van der Waals surface area contributed by atoms with Gasteiger partial charge in [-0.1, -0.05) is 43.5 Å². The second-order valence-corrected chi connectivity index (χ2v) is 7.64. The molecule has 0 saturated heterocycles. The van der Waals surface area contributed by atoms with Crippen LogP contribution in [-0.2, 0) is 14.8 Å². The lowest BCUT2D eigenvalue weighted by Gasteiger charge is -2.36. The molecule has 1 aromatic carbocycles. The van der Waals surface area contributed by atoms with Gasteiger partial charge in [0.1, 0.15) is 6.23 Å².